The minimum absolute atomic E-state index is 0.318. The van der Waals surface area contributed by atoms with E-state index < -0.39 is 0 Å². The first-order chi connectivity index (χ1) is 5.83. The first kappa shape index (κ1) is 7.35. The Labute approximate surface area is 71.8 Å². The molecule has 62 valence electrons. The maximum atomic E-state index is 10.5. The van der Waals surface area contributed by atoms with Crippen molar-refractivity contribution in [1.82, 2.24) is 4.90 Å². The molecule has 1 aliphatic rings. The van der Waals surface area contributed by atoms with Gasteiger partial charge in [0, 0.05) is 7.05 Å². The summed E-state index contributed by atoms with van der Waals surface area (Å²) in [6, 6.07) is 8.58. The largest absolute Gasteiger partial charge is 0.341 e. The monoisotopic (exact) mass is 161 g/mol. The van der Waals surface area contributed by atoms with Gasteiger partial charge in [0.2, 0.25) is 6.41 Å². The second-order valence-corrected chi connectivity index (χ2v) is 3.19. The Morgan fingerprint density at radius 2 is 2.25 bits per heavy atom. The third kappa shape index (κ3) is 0.916. The molecule has 2 heteroatoms. The summed E-state index contributed by atoms with van der Waals surface area (Å²) in [7, 11) is 1.83. The lowest BCUT2D eigenvalue weighted by atomic mass is 9.83. The highest BCUT2D eigenvalue weighted by Gasteiger charge is 2.27. The Bertz CT molecular complexity index is 308. The Kier molecular flexibility index (Phi) is 1.61. The van der Waals surface area contributed by atoms with Gasteiger partial charge >= 0.3 is 0 Å². The molecule has 0 radical (unpaired) electrons. The molecule has 1 aromatic rings. The average Bonchev–Trinajstić information content (AvgIpc) is 2.07. The maximum Gasteiger partial charge on any atom is 0.209 e. The van der Waals surface area contributed by atoms with Crippen LogP contribution in [0.1, 0.15) is 17.2 Å². The Balaban J connectivity index is 2.25. The number of carbonyl (C=O) groups is 1. The molecule has 1 aliphatic carbocycles. The molecular weight excluding hydrogens is 150 g/mol. The van der Waals surface area contributed by atoms with E-state index in [4.69, 9.17) is 0 Å². The molecule has 0 bridgehead atoms. The van der Waals surface area contributed by atoms with Gasteiger partial charge in [0.1, 0.15) is 0 Å². The lowest BCUT2D eigenvalue weighted by molar-refractivity contribution is -0.119. The smallest absolute Gasteiger partial charge is 0.209 e. The van der Waals surface area contributed by atoms with Crippen molar-refractivity contribution in [3.8, 4) is 0 Å². The molecule has 12 heavy (non-hydrogen) atoms. The molecular formula is C10H11NO. The number of rotatable bonds is 2. The van der Waals surface area contributed by atoms with Gasteiger partial charge in [-0.3, -0.25) is 4.79 Å². The van der Waals surface area contributed by atoms with Crippen molar-refractivity contribution in [2.45, 2.75) is 12.5 Å². The summed E-state index contributed by atoms with van der Waals surface area (Å²) in [6.45, 7) is 0. The molecule has 0 spiro atoms. The highest BCUT2D eigenvalue weighted by Crippen LogP contribution is 2.35. The summed E-state index contributed by atoms with van der Waals surface area (Å²) in [5.41, 5.74) is 2.67. The van der Waals surface area contributed by atoms with Crippen LogP contribution in [0.2, 0.25) is 0 Å². The van der Waals surface area contributed by atoms with E-state index in [1.807, 2.05) is 19.2 Å². The number of hydrogen-bond donors (Lipinski definition) is 0. The number of fused-ring (bicyclic) bond motifs is 1. The topological polar surface area (TPSA) is 20.3 Å². The van der Waals surface area contributed by atoms with E-state index in [2.05, 4.69) is 12.1 Å². The predicted molar refractivity (Wildman–Crippen MR) is 46.7 cm³/mol. The van der Waals surface area contributed by atoms with Crippen LogP contribution in [-0.4, -0.2) is 18.4 Å². The van der Waals surface area contributed by atoms with Crippen LogP contribution in [0.4, 0.5) is 0 Å². The molecule has 2 rings (SSSR count). The van der Waals surface area contributed by atoms with Crippen molar-refractivity contribution in [1.29, 1.82) is 0 Å². The molecule has 0 N–H and O–H groups in total. The zero-order valence-corrected chi connectivity index (χ0v) is 7.03. The summed E-state index contributed by atoms with van der Waals surface area (Å²) in [5.74, 6) is 0. The van der Waals surface area contributed by atoms with Gasteiger partial charge in [-0.05, 0) is 17.5 Å². The third-order valence-corrected chi connectivity index (χ3v) is 2.49. The van der Waals surface area contributed by atoms with Gasteiger partial charge in [-0.15, -0.1) is 0 Å². The number of nitrogens with zero attached hydrogens (tertiary/aromatic N) is 1. The van der Waals surface area contributed by atoms with Crippen molar-refractivity contribution in [2.75, 3.05) is 7.05 Å². The number of amides is 1. The molecule has 0 saturated carbocycles. The van der Waals surface area contributed by atoms with Crippen LogP contribution in [0.25, 0.3) is 0 Å². The van der Waals surface area contributed by atoms with Crippen LogP contribution >= 0.6 is 0 Å². The molecule has 1 amide bonds. The number of benzene rings is 1. The lowest BCUT2D eigenvalue weighted by Gasteiger charge is -2.35. The molecule has 1 atom stereocenters. The molecule has 1 aromatic carbocycles. The molecule has 1 unspecified atom stereocenters. The summed E-state index contributed by atoms with van der Waals surface area (Å²) in [4.78, 5) is 12.2. The second-order valence-electron chi connectivity index (χ2n) is 3.19. The zero-order chi connectivity index (χ0) is 8.55. The predicted octanol–water partition coefficient (Wildman–Crippen LogP) is 1.37. The van der Waals surface area contributed by atoms with E-state index in [-0.39, 0.29) is 0 Å². The molecule has 0 fully saturated rings. The number of hydrogen-bond acceptors (Lipinski definition) is 1. The van der Waals surface area contributed by atoms with Crippen molar-refractivity contribution in [3.63, 3.8) is 0 Å². The van der Waals surface area contributed by atoms with E-state index in [0.29, 0.717) is 6.04 Å². The van der Waals surface area contributed by atoms with E-state index in [1.165, 1.54) is 11.1 Å². The van der Waals surface area contributed by atoms with Crippen LogP contribution in [0.15, 0.2) is 24.3 Å². The summed E-state index contributed by atoms with van der Waals surface area (Å²) in [5, 5.41) is 0. The number of carbonyl (C=O) groups excluding carboxylic acids is 1. The second kappa shape index (κ2) is 2.63. The molecule has 0 aromatic heterocycles. The standard InChI is InChI=1S/C10H11NO/c1-11(7-12)10-6-8-4-2-3-5-9(8)10/h2-5,7,10H,6H2,1H3. The van der Waals surface area contributed by atoms with Gasteiger partial charge in [-0.1, -0.05) is 24.3 Å². The third-order valence-electron chi connectivity index (χ3n) is 2.49. The van der Waals surface area contributed by atoms with Crippen molar-refractivity contribution in [3.05, 3.63) is 35.4 Å². The van der Waals surface area contributed by atoms with Crippen molar-refractivity contribution in [2.24, 2.45) is 0 Å². The zero-order valence-electron chi connectivity index (χ0n) is 7.03. The first-order valence-electron chi connectivity index (χ1n) is 4.08. The highest BCUT2D eigenvalue weighted by atomic mass is 16.1. The van der Waals surface area contributed by atoms with Gasteiger partial charge in [0.15, 0.2) is 0 Å². The molecule has 0 heterocycles. The van der Waals surface area contributed by atoms with Gasteiger partial charge in [0.05, 0.1) is 6.04 Å². The van der Waals surface area contributed by atoms with Crippen LogP contribution < -0.4 is 0 Å². The van der Waals surface area contributed by atoms with E-state index in [9.17, 15) is 4.79 Å². The normalized spacial score (nSPS) is 19.2. The minimum Gasteiger partial charge on any atom is -0.341 e. The average molecular weight is 161 g/mol. The highest BCUT2D eigenvalue weighted by molar-refractivity contribution is 5.51. The van der Waals surface area contributed by atoms with E-state index >= 15 is 0 Å². The summed E-state index contributed by atoms with van der Waals surface area (Å²) in [6.07, 6.45) is 1.89. The quantitative estimate of drug-likeness (QED) is 0.600. The summed E-state index contributed by atoms with van der Waals surface area (Å²) < 4.78 is 0. The van der Waals surface area contributed by atoms with E-state index in [1.54, 1.807) is 4.90 Å². The Morgan fingerprint density at radius 1 is 1.50 bits per heavy atom. The SMILES string of the molecule is CN(C=O)C1Cc2ccccc21. The maximum absolute atomic E-state index is 10.5. The molecule has 2 nitrogen and oxygen atoms in total. The number of likely N-dealkylation sites (N-methyl/N-ethyl adjacent to an activating group) is 1. The van der Waals surface area contributed by atoms with Gasteiger partial charge < -0.3 is 4.90 Å². The van der Waals surface area contributed by atoms with Crippen molar-refractivity contribution < 1.29 is 4.79 Å². The van der Waals surface area contributed by atoms with E-state index in [0.717, 1.165) is 12.8 Å². The fourth-order valence-electron chi connectivity index (χ4n) is 1.67. The van der Waals surface area contributed by atoms with Gasteiger partial charge in [-0.25, -0.2) is 0 Å². The molecule has 0 saturated heterocycles. The fourth-order valence-corrected chi connectivity index (χ4v) is 1.67. The fraction of sp³-hybridized carbons (Fsp3) is 0.300. The lowest BCUT2D eigenvalue weighted by Crippen LogP contribution is -2.31. The minimum atomic E-state index is 0.318. The van der Waals surface area contributed by atoms with Gasteiger partial charge in [-0.2, -0.15) is 0 Å². The first-order valence-corrected chi connectivity index (χ1v) is 4.08. The van der Waals surface area contributed by atoms with Crippen molar-refractivity contribution >= 4 is 6.41 Å². The van der Waals surface area contributed by atoms with Crippen LogP contribution in [0.5, 0.6) is 0 Å². The Hall–Kier alpha value is -1.31. The summed E-state index contributed by atoms with van der Waals surface area (Å²) >= 11 is 0. The van der Waals surface area contributed by atoms with Crippen LogP contribution in [-0.2, 0) is 11.2 Å². The Morgan fingerprint density at radius 3 is 2.92 bits per heavy atom. The van der Waals surface area contributed by atoms with Crippen LogP contribution in [0, 0.1) is 0 Å². The molecule has 0 aliphatic heterocycles. The van der Waals surface area contributed by atoms with Gasteiger partial charge in [0.25, 0.3) is 0 Å². The van der Waals surface area contributed by atoms with Crippen LogP contribution in [0.3, 0.4) is 0 Å².